The van der Waals surface area contributed by atoms with Crippen LogP contribution in [0.15, 0.2) is 54.6 Å². The fraction of sp³-hybridized carbons (Fsp3) is 0.318. The second-order valence-corrected chi connectivity index (χ2v) is 6.94. The van der Waals surface area contributed by atoms with E-state index >= 15 is 0 Å². The highest BCUT2D eigenvalue weighted by Gasteiger charge is 2.36. The Hall–Kier alpha value is -3.15. The van der Waals surface area contributed by atoms with E-state index in [4.69, 9.17) is 0 Å². The normalized spacial score (nSPS) is 17.3. The SMILES string of the molecule is COC(=O)c1ccc(CNC(=O)C2CC(=O)N(C(C)c3ccccc3)C2)cc1. The first kappa shape index (κ1) is 19.6. The molecule has 1 aliphatic heterocycles. The summed E-state index contributed by atoms with van der Waals surface area (Å²) < 4.78 is 4.67. The number of likely N-dealkylation sites (tertiary alicyclic amines) is 1. The Bertz CT molecular complexity index is 849. The lowest BCUT2D eigenvalue weighted by Gasteiger charge is -2.25. The van der Waals surface area contributed by atoms with Gasteiger partial charge in [0.15, 0.2) is 0 Å². The molecule has 2 amide bonds. The first-order valence-corrected chi connectivity index (χ1v) is 9.29. The number of nitrogens with zero attached hydrogens (tertiary/aromatic N) is 1. The fourth-order valence-corrected chi connectivity index (χ4v) is 3.40. The molecule has 2 unspecified atom stereocenters. The molecule has 0 aromatic heterocycles. The van der Waals surface area contributed by atoms with Gasteiger partial charge in [0.25, 0.3) is 0 Å². The van der Waals surface area contributed by atoms with Gasteiger partial charge < -0.3 is 15.0 Å². The van der Waals surface area contributed by atoms with Crippen LogP contribution in [0.25, 0.3) is 0 Å². The monoisotopic (exact) mass is 380 g/mol. The number of methoxy groups -OCH3 is 1. The highest BCUT2D eigenvalue weighted by atomic mass is 16.5. The van der Waals surface area contributed by atoms with Crippen LogP contribution in [0.5, 0.6) is 0 Å². The van der Waals surface area contributed by atoms with Gasteiger partial charge in [-0.15, -0.1) is 0 Å². The molecule has 0 radical (unpaired) electrons. The van der Waals surface area contributed by atoms with Crippen LogP contribution in [0, 0.1) is 5.92 Å². The second-order valence-electron chi connectivity index (χ2n) is 6.94. The third kappa shape index (κ3) is 4.39. The zero-order valence-corrected chi connectivity index (χ0v) is 16.1. The lowest BCUT2D eigenvalue weighted by Crippen LogP contribution is -2.33. The molecule has 3 rings (SSSR count). The number of nitrogens with one attached hydrogen (secondary N) is 1. The topological polar surface area (TPSA) is 75.7 Å². The molecule has 1 fully saturated rings. The Balaban J connectivity index is 1.55. The van der Waals surface area contributed by atoms with Crippen molar-refractivity contribution in [3.05, 3.63) is 71.3 Å². The van der Waals surface area contributed by atoms with E-state index in [1.165, 1.54) is 7.11 Å². The standard InChI is InChI=1S/C22H24N2O4/c1-15(17-6-4-3-5-7-17)24-14-19(12-20(24)25)21(26)23-13-16-8-10-18(11-9-16)22(27)28-2/h3-11,15,19H,12-14H2,1-2H3,(H,23,26). The predicted octanol–water partition coefficient (Wildman–Crippen LogP) is 2.70. The smallest absolute Gasteiger partial charge is 0.337 e. The maximum Gasteiger partial charge on any atom is 0.337 e. The van der Waals surface area contributed by atoms with Crippen LogP contribution in [-0.2, 0) is 20.9 Å². The maximum absolute atomic E-state index is 12.5. The minimum absolute atomic E-state index is 0.000987. The van der Waals surface area contributed by atoms with Crippen LogP contribution >= 0.6 is 0 Å². The molecule has 0 bridgehead atoms. The predicted molar refractivity (Wildman–Crippen MR) is 104 cm³/mol. The van der Waals surface area contributed by atoms with Crippen LogP contribution in [0.3, 0.4) is 0 Å². The van der Waals surface area contributed by atoms with E-state index in [9.17, 15) is 14.4 Å². The van der Waals surface area contributed by atoms with Gasteiger partial charge in [-0.2, -0.15) is 0 Å². The van der Waals surface area contributed by atoms with Crippen LogP contribution in [0.2, 0.25) is 0 Å². The van der Waals surface area contributed by atoms with E-state index in [2.05, 4.69) is 10.1 Å². The summed E-state index contributed by atoms with van der Waals surface area (Å²) in [6, 6.07) is 16.6. The summed E-state index contributed by atoms with van der Waals surface area (Å²) in [5.41, 5.74) is 2.40. The van der Waals surface area contributed by atoms with E-state index in [1.807, 2.05) is 37.3 Å². The number of ether oxygens (including phenoxy) is 1. The zero-order valence-electron chi connectivity index (χ0n) is 16.1. The number of hydrogen-bond acceptors (Lipinski definition) is 4. The molecule has 28 heavy (non-hydrogen) atoms. The third-order valence-electron chi connectivity index (χ3n) is 5.12. The van der Waals surface area contributed by atoms with Gasteiger partial charge in [-0.25, -0.2) is 4.79 Å². The van der Waals surface area contributed by atoms with Crippen molar-refractivity contribution in [1.29, 1.82) is 0 Å². The Morgan fingerprint density at radius 1 is 1.14 bits per heavy atom. The molecule has 6 heteroatoms. The summed E-state index contributed by atoms with van der Waals surface area (Å²) >= 11 is 0. The summed E-state index contributed by atoms with van der Waals surface area (Å²) in [4.78, 5) is 38.2. The summed E-state index contributed by atoms with van der Waals surface area (Å²) in [6.45, 7) is 2.75. The second kappa shape index (κ2) is 8.69. The van der Waals surface area contributed by atoms with E-state index in [1.54, 1.807) is 29.2 Å². The molecule has 2 atom stereocenters. The molecule has 146 valence electrons. The third-order valence-corrected chi connectivity index (χ3v) is 5.12. The summed E-state index contributed by atoms with van der Waals surface area (Å²) in [7, 11) is 1.33. The van der Waals surface area contributed by atoms with Gasteiger partial charge in [-0.3, -0.25) is 9.59 Å². The zero-order chi connectivity index (χ0) is 20.1. The van der Waals surface area contributed by atoms with Crippen molar-refractivity contribution in [3.63, 3.8) is 0 Å². The molecule has 6 nitrogen and oxygen atoms in total. The minimum Gasteiger partial charge on any atom is -0.465 e. The number of hydrogen-bond donors (Lipinski definition) is 1. The number of esters is 1. The van der Waals surface area contributed by atoms with Crippen molar-refractivity contribution >= 4 is 17.8 Å². The van der Waals surface area contributed by atoms with Gasteiger partial charge in [0.1, 0.15) is 0 Å². The van der Waals surface area contributed by atoms with Crippen molar-refractivity contribution in [3.8, 4) is 0 Å². The van der Waals surface area contributed by atoms with Gasteiger partial charge in [0.2, 0.25) is 11.8 Å². The lowest BCUT2D eigenvalue weighted by molar-refractivity contribution is -0.130. The van der Waals surface area contributed by atoms with Gasteiger partial charge in [0, 0.05) is 19.5 Å². The van der Waals surface area contributed by atoms with Crippen LogP contribution in [0.4, 0.5) is 0 Å². The largest absolute Gasteiger partial charge is 0.465 e. The number of benzene rings is 2. The van der Waals surface area contributed by atoms with Crippen molar-refractivity contribution in [2.45, 2.75) is 25.9 Å². The summed E-state index contributed by atoms with van der Waals surface area (Å²) in [6.07, 6.45) is 0.226. The molecule has 0 saturated carbocycles. The number of amides is 2. The maximum atomic E-state index is 12.5. The molecule has 0 spiro atoms. The van der Waals surface area contributed by atoms with Crippen LogP contribution in [0.1, 0.15) is 40.9 Å². The summed E-state index contributed by atoms with van der Waals surface area (Å²) in [5.74, 6) is -0.882. The molecular formula is C22H24N2O4. The molecule has 1 N–H and O–H groups in total. The quantitative estimate of drug-likeness (QED) is 0.782. The Kier molecular flexibility index (Phi) is 6.09. The Labute approximate surface area is 164 Å². The fourth-order valence-electron chi connectivity index (χ4n) is 3.40. The molecule has 1 aliphatic rings. The van der Waals surface area contributed by atoms with E-state index < -0.39 is 5.97 Å². The highest BCUT2D eigenvalue weighted by molar-refractivity contribution is 5.90. The van der Waals surface area contributed by atoms with Gasteiger partial charge >= 0.3 is 5.97 Å². The molecule has 2 aromatic carbocycles. The Morgan fingerprint density at radius 3 is 2.46 bits per heavy atom. The molecular weight excluding hydrogens is 356 g/mol. The van der Waals surface area contributed by atoms with Crippen molar-refractivity contribution in [2.24, 2.45) is 5.92 Å². The number of rotatable bonds is 6. The lowest BCUT2D eigenvalue weighted by atomic mass is 10.1. The minimum atomic E-state index is -0.396. The number of carbonyl (C=O) groups is 3. The van der Waals surface area contributed by atoms with Crippen molar-refractivity contribution in [2.75, 3.05) is 13.7 Å². The average Bonchev–Trinajstić information content (AvgIpc) is 3.13. The van der Waals surface area contributed by atoms with Crippen LogP contribution < -0.4 is 5.32 Å². The van der Waals surface area contributed by atoms with E-state index in [-0.39, 0.29) is 30.2 Å². The van der Waals surface area contributed by atoms with E-state index in [0.29, 0.717) is 18.7 Å². The number of carbonyl (C=O) groups excluding carboxylic acids is 3. The van der Waals surface area contributed by atoms with Gasteiger partial charge in [0.05, 0.1) is 24.6 Å². The average molecular weight is 380 g/mol. The molecule has 1 heterocycles. The van der Waals surface area contributed by atoms with Gasteiger partial charge in [-0.05, 0) is 30.2 Å². The first-order valence-electron chi connectivity index (χ1n) is 9.29. The molecule has 2 aromatic rings. The molecule has 0 aliphatic carbocycles. The van der Waals surface area contributed by atoms with Crippen molar-refractivity contribution in [1.82, 2.24) is 10.2 Å². The van der Waals surface area contributed by atoms with E-state index in [0.717, 1.165) is 11.1 Å². The van der Waals surface area contributed by atoms with Crippen LogP contribution in [-0.4, -0.2) is 36.3 Å². The highest BCUT2D eigenvalue weighted by Crippen LogP contribution is 2.28. The van der Waals surface area contributed by atoms with Gasteiger partial charge in [-0.1, -0.05) is 42.5 Å². The first-order chi connectivity index (χ1) is 13.5. The Morgan fingerprint density at radius 2 is 1.82 bits per heavy atom. The van der Waals surface area contributed by atoms with Crippen molar-refractivity contribution < 1.29 is 19.1 Å². The summed E-state index contributed by atoms with van der Waals surface area (Å²) in [5, 5.41) is 2.89. The molecule has 1 saturated heterocycles.